The summed E-state index contributed by atoms with van der Waals surface area (Å²) in [5.41, 5.74) is 0. The van der Waals surface area contributed by atoms with E-state index in [1.165, 1.54) is 11.3 Å². The summed E-state index contributed by atoms with van der Waals surface area (Å²) in [6, 6.07) is 4.76. The number of rotatable bonds is 7. The largest absolute Gasteiger partial charge is 0.330 e. The van der Waals surface area contributed by atoms with Gasteiger partial charge in [0.05, 0.1) is 4.88 Å². The highest BCUT2D eigenvalue weighted by Crippen LogP contribution is 2.23. The molecule has 0 aromatic carbocycles. The van der Waals surface area contributed by atoms with Crippen LogP contribution in [0.1, 0.15) is 26.7 Å². The quantitative estimate of drug-likeness (QED) is 0.830. The van der Waals surface area contributed by atoms with E-state index < -0.39 is 0 Å². The molecule has 0 spiro atoms. The smallest absolute Gasteiger partial charge is 0.149 e. The molecule has 0 bridgehead atoms. The van der Waals surface area contributed by atoms with Crippen molar-refractivity contribution in [1.82, 2.24) is 14.9 Å². The second kappa shape index (κ2) is 6.71. The molecule has 1 unspecified atom stereocenters. The molecule has 0 aliphatic carbocycles. The molecule has 0 amide bonds. The summed E-state index contributed by atoms with van der Waals surface area (Å²) in [5.74, 6) is 1.09. The number of aryl methyl sites for hydroxylation is 1. The van der Waals surface area contributed by atoms with Crippen LogP contribution < -0.4 is 5.32 Å². The molecule has 0 radical (unpaired) electrons. The van der Waals surface area contributed by atoms with Gasteiger partial charge in [-0.2, -0.15) is 0 Å². The summed E-state index contributed by atoms with van der Waals surface area (Å²) in [6.07, 6.45) is 6.28. The maximum absolute atomic E-state index is 4.45. The van der Waals surface area contributed by atoms with Gasteiger partial charge in [-0.05, 0) is 37.8 Å². The highest BCUT2D eigenvalue weighted by Gasteiger charge is 2.08. The third kappa shape index (κ3) is 3.43. The normalized spacial score (nSPS) is 12.8. The van der Waals surface area contributed by atoms with Crippen LogP contribution in [0.25, 0.3) is 10.7 Å². The van der Waals surface area contributed by atoms with Gasteiger partial charge < -0.3 is 9.88 Å². The molecule has 2 heterocycles. The van der Waals surface area contributed by atoms with Gasteiger partial charge in [0.15, 0.2) is 0 Å². The van der Waals surface area contributed by atoms with E-state index in [1.807, 2.05) is 6.20 Å². The zero-order valence-electron chi connectivity index (χ0n) is 11.1. The minimum atomic E-state index is 0.559. The Bertz CT molecular complexity index is 447. The molecule has 0 aliphatic rings. The van der Waals surface area contributed by atoms with Crippen LogP contribution in [0.4, 0.5) is 0 Å². The summed E-state index contributed by atoms with van der Waals surface area (Å²) >= 11 is 1.74. The van der Waals surface area contributed by atoms with Crippen LogP contribution in [-0.4, -0.2) is 22.1 Å². The van der Waals surface area contributed by atoms with E-state index in [-0.39, 0.29) is 0 Å². The van der Waals surface area contributed by atoms with Gasteiger partial charge in [-0.3, -0.25) is 0 Å². The molecular weight excluding hydrogens is 242 g/mol. The Labute approximate surface area is 113 Å². The predicted octanol–water partition coefficient (Wildman–Crippen LogP) is 3.39. The third-order valence-corrected chi connectivity index (χ3v) is 3.87. The number of hydrogen-bond donors (Lipinski definition) is 1. The Morgan fingerprint density at radius 3 is 3.11 bits per heavy atom. The van der Waals surface area contributed by atoms with E-state index in [0.717, 1.165) is 25.3 Å². The first kappa shape index (κ1) is 13.3. The molecule has 0 saturated heterocycles. The van der Waals surface area contributed by atoms with Gasteiger partial charge in [0, 0.05) is 25.0 Å². The summed E-state index contributed by atoms with van der Waals surface area (Å²) in [4.78, 5) is 5.70. The number of thiophene rings is 1. The molecule has 2 rings (SSSR count). The minimum absolute atomic E-state index is 0.559. The Balaban J connectivity index is 1.92. The Morgan fingerprint density at radius 2 is 2.39 bits per heavy atom. The first-order valence-electron chi connectivity index (χ1n) is 6.59. The zero-order valence-corrected chi connectivity index (χ0v) is 11.9. The van der Waals surface area contributed by atoms with Crippen molar-refractivity contribution in [2.45, 2.75) is 39.3 Å². The average molecular weight is 263 g/mol. The summed E-state index contributed by atoms with van der Waals surface area (Å²) in [5, 5.41) is 5.61. The van der Waals surface area contributed by atoms with Crippen molar-refractivity contribution < 1.29 is 0 Å². The number of hydrogen-bond acceptors (Lipinski definition) is 3. The van der Waals surface area contributed by atoms with E-state index in [2.05, 4.69) is 52.4 Å². The van der Waals surface area contributed by atoms with Crippen LogP contribution in [0.15, 0.2) is 29.9 Å². The highest BCUT2D eigenvalue weighted by atomic mass is 32.1. The fraction of sp³-hybridized carbons (Fsp3) is 0.500. The molecule has 0 aliphatic heterocycles. The zero-order chi connectivity index (χ0) is 12.8. The van der Waals surface area contributed by atoms with Crippen LogP contribution in [0.2, 0.25) is 0 Å². The van der Waals surface area contributed by atoms with E-state index in [9.17, 15) is 0 Å². The first-order chi connectivity index (χ1) is 8.81. The van der Waals surface area contributed by atoms with Crippen LogP contribution in [0.3, 0.4) is 0 Å². The molecule has 3 nitrogen and oxygen atoms in total. The van der Waals surface area contributed by atoms with Gasteiger partial charge in [-0.15, -0.1) is 11.3 Å². The molecule has 4 heteroatoms. The van der Waals surface area contributed by atoms with Crippen molar-refractivity contribution >= 4 is 11.3 Å². The van der Waals surface area contributed by atoms with Gasteiger partial charge >= 0.3 is 0 Å². The van der Waals surface area contributed by atoms with Crippen LogP contribution in [0.5, 0.6) is 0 Å². The molecule has 0 fully saturated rings. The highest BCUT2D eigenvalue weighted by molar-refractivity contribution is 7.13. The molecule has 18 heavy (non-hydrogen) atoms. The van der Waals surface area contributed by atoms with Crippen LogP contribution in [-0.2, 0) is 6.54 Å². The topological polar surface area (TPSA) is 29.9 Å². The predicted molar refractivity (Wildman–Crippen MR) is 77.9 cm³/mol. The van der Waals surface area contributed by atoms with E-state index in [0.29, 0.717) is 6.04 Å². The lowest BCUT2D eigenvalue weighted by molar-refractivity contribution is 0.478. The first-order valence-corrected chi connectivity index (χ1v) is 7.47. The second-order valence-electron chi connectivity index (χ2n) is 4.57. The summed E-state index contributed by atoms with van der Waals surface area (Å²) < 4.78 is 2.25. The Hall–Kier alpha value is -1.13. The SMILES string of the molecule is CCCNC(C)CCn1ccnc1-c1cccs1. The van der Waals surface area contributed by atoms with Gasteiger partial charge in [-0.1, -0.05) is 13.0 Å². The van der Waals surface area contributed by atoms with E-state index >= 15 is 0 Å². The van der Waals surface area contributed by atoms with Gasteiger partial charge in [0.2, 0.25) is 0 Å². The molecule has 1 N–H and O–H groups in total. The Morgan fingerprint density at radius 1 is 1.50 bits per heavy atom. The van der Waals surface area contributed by atoms with Crippen molar-refractivity contribution in [3.63, 3.8) is 0 Å². The molecule has 2 aromatic heterocycles. The fourth-order valence-corrected chi connectivity index (χ4v) is 2.68. The fourth-order valence-electron chi connectivity index (χ4n) is 1.95. The van der Waals surface area contributed by atoms with Crippen LogP contribution >= 0.6 is 11.3 Å². The lowest BCUT2D eigenvalue weighted by Gasteiger charge is -2.14. The van der Waals surface area contributed by atoms with Crippen molar-refractivity contribution in [3.8, 4) is 10.7 Å². The maximum atomic E-state index is 4.45. The molecule has 98 valence electrons. The summed E-state index contributed by atoms with van der Waals surface area (Å²) in [7, 11) is 0. The lowest BCUT2D eigenvalue weighted by atomic mass is 10.2. The van der Waals surface area contributed by atoms with Gasteiger partial charge in [0.25, 0.3) is 0 Å². The van der Waals surface area contributed by atoms with Gasteiger partial charge in [-0.25, -0.2) is 4.98 Å². The van der Waals surface area contributed by atoms with Gasteiger partial charge in [0.1, 0.15) is 5.82 Å². The number of imidazole rings is 1. The van der Waals surface area contributed by atoms with E-state index in [4.69, 9.17) is 0 Å². The molecular formula is C14H21N3S. The van der Waals surface area contributed by atoms with Crippen molar-refractivity contribution in [3.05, 3.63) is 29.9 Å². The standard InChI is InChI=1S/C14H21N3S/c1-3-7-15-12(2)6-9-17-10-8-16-14(17)13-5-4-11-18-13/h4-5,8,10-12,15H,3,6-7,9H2,1-2H3. The molecule has 1 atom stereocenters. The lowest BCUT2D eigenvalue weighted by Crippen LogP contribution is -2.27. The monoisotopic (exact) mass is 263 g/mol. The number of aromatic nitrogens is 2. The van der Waals surface area contributed by atoms with Crippen molar-refractivity contribution in [2.75, 3.05) is 6.54 Å². The maximum Gasteiger partial charge on any atom is 0.149 e. The average Bonchev–Trinajstić information content (AvgIpc) is 3.03. The third-order valence-electron chi connectivity index (χ3n) is 3.00. The number of nitrogens with one attached hydrogen (secondary N) is 1. The van der Waals surface area contributed by atoms with Crippen LogP contribution in [0, 0.1) is 0 Å². The van der Waals surface area contributed by atoms with Crippen molar-refractivity contribution in [2.24, 2.45) is 0 Å². The molecule has 0 saturated carbocycles. The van der Waals surface area contributed by atoms with E-state index in [1.54, 1.807) is 11.3 Å². The Kier molecular flexibility index (Phi) is 4.96. The molecule has 2 aromatic rings. The number of nitrogens with zero attached hydrogens (tertiary/aromatic N) is 2. The summed E-state index contributed by atoms with van der Waals surface area (Å²) in [6.45, 7) is 6.57. The van der Waals surface area contributed by atoms with Crippen molar-refractivity contribution in [1.29, 1.82) is 0 Å². The second-order valence-corrected chi connectivity index (χ2v) is 5.51. The minimum Gasteiger partial charge on any atom is -0.330 e.